The van der Waals surface area contributed by atoms with Crippen molar-refractivity contribution in [1.29, 1.82) is 5.26 Å². The van der Waals surface area contributed by atoms with Gasteiger partial charge in [0.15, 0.2) is 0 Å². The van der Waals surface area contributed by atoms with Crippen LogP contribution in [0.2, 0.25) is 0 Å². The van der Waals surface area contributed by atoms with Gasteiger partial charge in [0.05, 0.1) is 10.6 Å². The largest absolute Gasteiger partial charge is 0.380 e. The van der Waals surface area contributed by atoms with Crippen molar-refractivity contribution in [2.45, 2.75) is 13.5 Å². The van der Waals surface area contributed by atoms with Crippen LogP contribution >= 0.6 is 0 Å². The van der Waals surface area contributed by atoms with Crippen molar-refractivity contribution in [3.63, 3.8) is 0 Å². The molecule has 2 aromatic carbocycles. The van der Waals surface area contributed by atoms with E-state index in [1.165, 1.54) is 18.2 Å². The van der Waals surface area contributed by atoms with Gasteiger partial charge in [-0.2, -0.15) is 5.26 Å². The summed E-state index contributed by atoms with van der Waals surface area (Å²) in [5.74, 6) is -0.600. The van der Waals surface area contributed by atoms with E-state index in [1.54, 1.807) is 31.2 Å². The molecule has 2 rings (SSSR count). The Morgan fingerprint density at radius 1 is 1.38 bits per heavy atom. The van der Waals surface area contributed by atoms with Gasteiger partial charge < -0.3 is 5.32 Å². The molecule has 0 aromatic heterocycles. The normalized spacial score (nSPS) is 9.95. The molecule has 21 heavy (non-hydrogen) atoms. The van der Waals surface area contributed by atoms with E-state index in [0.29, 0.717) is 16.8 Å². The zero-order chi connectivity index (χ0) is 15.4. The average molecular weight is 285 g/mol. The maximum atomic E-state index is 13.4. The molecule has 1 N–H and O–H groups in total. The monoisotopic (exact) mass is 285 g/mol. The zero-order valence-electron chi connectivity index (χ0n) is 11.3. The predicted molar refractivity (Wildman–Crippen MR) is 76.3 cm³/mol. The van der Waals surface area contributed by atoms with E-state index in [2.05, 4.69) is 5.32 Å². The summed E-state index contributed by atoms with van der Waals surface area (Å²) in [6, 6.07) is 11.0. The van der Waals surface area contributed by atoms with E-state index >= 15 is 0 Å². The van der Waals surface area contributed by atoms with Crippen molar-refractivity contribution in [2.24, 2.45) is 0 Å². The minimum atomic E-state index is -0.600. The molecule has 0 heterocycles. The van der Waals surface area contributed by atoms with E-state index in [1.807, 2.05) is 0 Å². The minimum absolute atomic E-state index is 0.0362. The van der Waals surface area contributed by atoms with E-state index in [4.69, 9.17) is 5.26 Å². The average Bonchev–Trinajstić information content (AvgIpc) is 2.46. The zero-order valence-corrected chi connectivity index (χ0v) is 11.3. The molecule has 0 saturated heterocycles. The van der Waals surface area contributed by atoms with E-state index in [-0.39, 0.29) is 17.8 Å². The highest BCUT2D eigenvalue weighted by molar-refractivity contribution is 5.58. The van der Waals surface area contributed by atoms with Crippen molar-refractivity contribution in [3.05, 3.63) is 69.0 Å². The summed E-state index contributed by atoms with van der Waals surface area (Å²) >= 11 is 0. The fourth-order valence-corrected chi connectivity index (χ4v) is 1.94. The molecule has 0 fully saturated rings. The van der Waals surface area contributed by atoms with Crippen molar-refractivity contribution in [1.82, 2.24) is 0 Å². The maximum absolute atomic E-state index is 13.4. The fourth-order valence-electron chi connectivity index (χ4n) is 1.94. The molecule has 0 aliphatic carbocycles. The maximum Gasteiger partial charge on any atom is 0.272 e. The van der Waals surface area contributed by atoms with Crippen LogP contribution in [0.25, 0.3) is 0 Å². The lowest BCUT2D eigenvalue weighted by atomic mass is 10.1. The van der Waals surface area contributed by atoms with Crippen molar-refractivity contribution >= 4 is 11.4 Å². The second-order valence-electron chi connectivity index (χ2n) is 4.51. The molecule has 0 saturated carbocycles. The number of benzene rings is 2. The summed E-state index contributed by atoms with van der Waals surface area (Å²) in [7, 11) is 0. The summed E-state index contributed by atoms with van der Waals surface area (Å²) in [5, 5.41) is 22.7. The molecule has 0 aliphatic heterocycles. The Morgan fingerprint density at radius 2 is 2.14 bits per heavy atom. The lowest BCUT2D eigenvalue weighted by molar-refractivity contribution is -0.385. The van der Waals surface area contributed by atoms with Crippen LogP contribution in [0.4, 0.5) is 15.8 Å². The Bertz CT molecular complexity index is 738. The topological polar surface area (TPSA) is 79.0 Å². The van der Waals surface area contributed by atoms with Crippen molar-refractivity contribution in [3.8, 4) is 6.07 Å². The molecule has 0 atom stereocenters. The molecular weight excluding hydrogens is 273 g/mol. The Balaban J connectivity index is 2.22. The van der Waals surface area contributed by atoms with Crippen LogP contribution in [-0.4, -0.2) is 4.92 Å². The van der Waals surface area contributed by atoms with Crippen molar-refractivity contribution in [2.75, 3.05) is 5.32 Å². The Labute approximate surface area is 120 Å². The van der Waals surface area contributed by atoms with Gasteiger partial charge in [-0.25, -0.2) is 4.39 Å². The van der Waals surface area contributed by atoms with Gasteiger partial charge in [-0.15, -0.1) is 0 Å². The molecule has 6 heteroatoms. The van der Waals surface area contributed by atoms with Crippen molar-refractivity contribution < 1.29 is 9.31 Å². The summed E-state index contributed by atoms with van der Waals surface area (Å²) in [6.45, 7) is 1.93. The SMILES string of the molecule is Cc1ccc(CNc2cccc(F)c2C#N)cc1[N+](=O)[O-]. The van der Waals surface area contributed by atoms with Crippen LogP contribution in [0.3, 0.4) is 0 Å². The number of nitro benzene ring substituents is 1. The summed E-state index contributed by atoms with van der Waals surface area (Å²) in [4.78, 5) is 10.4. The van der Waals surface area contributed by atoms with Crippen LogP contribution < -0.4 is 5.32 Å². The summed E-state index contributed by atoms with van der Waals surface area (Å²) < 4.78 is 13.4. The smallest absolute Gasteiger partial charge is 0.272 e. The van der Waals surface area contributed by atoms with E-state index in [9.17, 15) is 14.5 Å². The molecule has 0 amide bonds. The number of halogens is 1. The first-order chi connectivity index (χ1) is 10.0. The molecular formula is C15H12FN3O2. The van der Waals surface area contributed by atoms with Crippen LogP contribution in [0.15, 0.2) is 36.4 Å². The van der Waals surface area contributed by atoms with Crippen LogP contribution in [-0.2, 0) is 6.54 Å². The third kappa shape index (κ3) is 3.15. The van der Waals surface area contributed by atoms with Gasteiger partial charge >= 0.3 is 0 Å². The minimum Gasteiger partial charge on any atom is -0.380 e. The Morgan fingerprint density at radius 3 is 2.81 bits per heavy atom. The molecule has 0 unspecified atom stereocenters. The lowest BCUT2D eigenvalue weighted by Crippen LogP contribution is -2.03. The number of anilines is 1. The standard InChI is InChI=1S/C15H12FN3O2/c1-10-5-6-11(7-15(10)19(20)21)9-18-14-4-2-3-13(16)12(14)8-17/h2-7,18H,9H2,1H3. The van der Waals surface area contributed by atoms with Gasteiger partial charge in [0.25, 0.3) is 5.69 Å². The second kappa shape index (κ2) is 6.01. The fraction of sp³-hybridized carbons (Fsp3) is 0.133. The molecule has 106 valence electrons. The van der Waals surface area contributed by atoms with Gasteiger partial charge in [-0.1, -0.05) is 18.2 Å². The molecule has 0 bridgehead atoms. The molecule has 0 spiro atoms. The van der Waals surface area contributed by atoms with E-state index < -0.39 is 10.7 Å². The Kier molecular flexibility index (Phi) is 4.14. The molecule has 0 aliphatic rings. The highest BCUT2D eigenvalue weighted by atomic mass is 19.1. The number of nitrogens with zero attached hydrogens (tertiary/aromatic N) is 2. The molecule has 2 aromatic rings. The number of nitro groups is 1. The van der Waals surface area contributed by atoms with Gasteiger partial charge in [0, 0.05) is 18.2 Å². The third-order valence-electron chi connectivity index (χ3n) is 3.08. The lowest BCUT2D eigenvalue weighted by Gasteiger charge is -2.09. The number of nitriles is 1. The highest BCUT2D eigenvalue weighted by Gasteiger charge is 2.12. The van der Waals surface area contributed by atoms with Gasteiger partial charge in [-0.05, 0) is 24.6 Å². The van der Waals surface area contributed by atoms with Crippen LogP contribution in [0.1, 0.15) is 16.7 Å². The molecule has 0 radical (unpaired) electrons. The molecule has 5 nitrogen and oxygen atoms in total. The summed E-state index contributed by atoms with van der Waals surface area (Å²) in [5.41, 5.74) is 1.58. The quantitative estimate of drug-likeness (QED) is 0.688. The van der Waals surface area contributed by atoms with Crippen LogP contribution in [0, 0.1) is 34.2 Å². The van der Waals surface area contributed by atoms with Gasteiger partial charge in [-0.3, -0.25) is 10.1 Å². The van der Waals surface area contributed by atoms with E-state index in [0.717, 1.165) is 0 Å². The number of hydrogen-bond acceptors (Lipinski definition) is 4. The first kappa shape index (κ1) is 14.5. The van der Waals surface area contributed by atoms with Crippen LogP contribution in [0.5, 0.6) is 0 Å². The summed E-state index contributed by atoms with van der Waals surface area (Å²) in [6.07, 6.45) is 0. The predicted octanol–water partition coefficient (Wildman–Crippen LogP) is 3.53. The number of nitrogens with one attached hydrogen (secondary N) is 1. The Hall–Kier alpha value is -2.94. The highest BCUT2D eigenvalue weighted by Crippen LogP contribution is 2.22. The number of aryl methyl sites for hydroxylation is 1. The first-order valence-corrected chi connectivity index (χ1v) is 6.19. The van der Waals surface area contributed by atoms with Gasteiger partial charge in [0.2, 0.25) is 0 Å². The third-order valence-corrected chi connectivity index (χ3v) is 3.08. The second-order valence-corrected chi connectivity index (χ2v) is 4.51. The van der Waals surface area contributed by atoms with Gasteiger partial charge in [0.1, 0.15) is 17.4 Å². The number of rotatable bonds is 4. The first-order valence-electron chi connectivity index (χ1n) is 6.19. The number of hydrogen-bond donors (Lipinski definition) is 1.